The van der Waals surface area contributed by atoms with Crippen molar-refractivity contribution in [1.29, 1.82) is 0 Å². The number of hydrogen-bond donors (Lipinski definition) is 2. The molecule has 4 unspecified atom stereocenters. The molecular weight excluding hydrogens is 328 g/mol. The van der Waals surface area contributed by atoms with Gasteiger partial charge in [-0.15, -0.1) is 11.3 Å². The van der Waals surface area contributed by atoms with E-state index in [1.54, 1.807) is 27.0 Å². The zero-order valence-corrected chi connectivity index (χ0v) is 15.0. The maximum Gasteiger partial charge on any atom is 0.262 e. The van der Waals surface area contributed by atoms with Gasteiger partial charge in [0, 0.05) is 31.6 Å². The molecule has 4 atom stereocenters. The molecule has 0 radical (unpaired) electrons. The molecule has 0 spiro atoms. The molecule has 3 rings (SSSR count). The van der Waals surface area contributed by atoms with Crippen LogP contribution < -0.4 is 10.6 Å². The summed E-state index contributed by atoms with van der Waals surface area (Å²) in [5, 5.41) is 7.76. The fraction of sp³-hybridized carbons (Fsp3) is 0.647. The lowest BCUT2D eigenvalue weighted by atomic mass is 9.67. The highest BCUT2D eigenvalue weighted by Crippen LogP contribution is 2.43. The molecule has 24 heavy (non-hydrogen) atoms. The molecule has 7 heteroatoms. The van der Waals surface area contributed by atoms with Gasteiger partial charge in [0.2, 0.25) is 5.91 Å². The van der Waals surface area contributed by atoms with E-state index in [4.69, 9.17) is 9.47 Å². The molecule has 1 saturated heterocycles. The quantitative estimate of drug-likeness (QED) is 0.812. The van der Waals surface area contributed by atoms with E-state index in [1.165, 1.54) is 11.3 Å². The van der Waals surface area contributed by atoms with Gasteiger partial charge in [0.05, 0.1) is 17.6 Å². The molecule has 132 valence electrons. The highest BCUT2D eigenvalue weighted by molar-refractivity contribution is 7.12. The van der Waals surface area contributed by atoms with Gasteiger partial charge in [-0.25, -0.2) is 0 Å². The zero-order chi connectivity index (χ0) is 17.3. The molecule has 6 nitrogen and oxygen atoms in total. The van der Waals surface area contributed by atoms with Crippen LogP contribution in [0.1, 0.15) is 29.9 Å². The van der Waals surface area contributed by atoms with Crippen LogP contribution in [0.3, 0.4) is 0 Å². The molecule has 0 bridgehead atoms. The van der Waals surface area contributed by atoms with Gasteiger partial charge in [-0.1, -0.05) is 6.07 Å². The molecule has 1 aromatic rings. The van der Waals surface area contributed by atoms with Crippen LogP contribution in [0.2, 0.25) is 0 Å². The number of rotatable bonds is 6. The van der Waals surface area contributed by atoms with Gasteiger partial charge in [-0.3, -0.25) is 9.59 Å². The summed E-state index contributed by atoms with van der Waals surface area (Å²) in [6, 6.07) is 3.61. The summed E-state index contributed by atoms with van der Waals surface area (Å²) in [4.78, 5) is 25.5. The van der Waals surface area contributed by atoms with Gasteiger partial charge in [0.1, 0.15) is 5.54 Å². The number of nitrogens with one attached hydrogen (secondary N) is 2. The third kappa shape index (κ3) is 3.20. The van der Waals surface area contributed by atoms with Crippen molar-refractivity contribution in [2.24, 2.45) is 11.8 Å². The monoisotopic (exact) mass is 352 g/mol. The third-order valence-corrected chi connectivity index (χ3v) is 5.79. The van der Waals surface area contributed by atoms with Crippen molar-refractivity contribution in [3.05, 3.63) is 22.4 Å². The molecule has 0 aromatic carbocycles. The Labute approximate surface area is 145 Å². The SMILES string of the molecule is COCC1C(NC(=O)C(C)(C)NC(=O)c2cccs2)C2CCOC21. The van der Waals surface area contributed by atoms with Crippen LogP contribution in [-0.2, 0) is 14.3 Å². The number of fused-ring (bicyclic) bond motifs is 1. The van der Waals surface area contributed by atoms with Crippen molar-refractivity contribution in [2.75, 3.05) is 20.3 Å². The van der Waals surface area contributed by atoms with Crippen molar-refractivity contribution in [1.82, 2.24) is 10.6 Å². The summed E-state index contributed by atoms with van der Waals surface area (Å²) >= 11 is 1.36. The highest BCUT2D eigenvalue weighted by atomic mass is 32.1. The summed E-state index contributed by atoms with van der Waals surface area (Å²) in [5.41, 5.74) is -0.983. The minimum Gasteiger partial charge on any atom is -0.384 e. The second-order valence-electron chi connectivity index (χ2n) is 6.96. The average Bonchev–Trinajstić information content (AvgIpc) is 3.19. The fourth-order valence-electron chi connectivity index (χ4n) is 3.58. The molecule has 1 aromatic heterocycles. The standard InChI is InChI=1S/C17H24N2O4S/c1-17(2,19-15(20)12-5-4-8-24-12)16(21)18-13-10-6-7-23-14(10)11(13)9-22-3/h4-5,8,10-11,13-14H,6-7,9H2,1-3H3,(H,18,21)(H,19,20). The van der Waals surface area contributed by atoms with E-state index in [-0.39, 0.29) is 29.9 Å². The smallest absolute Gasteiger partial charge is 0.262 e. The predicted molar refractivity (Wildman–Crippen MR) is 91.0 cm³/mol. The Morgan fingerprint density at radius 2 is 2.25 bits per heavy atom. The first-order chi connectivity index (χ1) is 11.4. The van der Waals surface area contributed by atoms with E-state index < -0.39 is 5.54 Å². The van der Waals surface area contributed by atoms with Crippen LogP contribution in [0.4, 0.5) is 0 Å². The maximum atomic E-state index is 12.7. The molecule has 1 aliphatic carbocycles. The first kappa shape index (κ1) is 17.4. The molecule has 2 fully saturated rings. The summed E-state index contributed by atoms with van der Waals surface area (Å²) in [5.74, 6) is 0.117. The molecule has 2 aliphatic rings. The van der Waals surface area contributed by atoms with Crippen molar-refractivity contribution in [3.8, 4) is 0 Å². The lowest BCUT2D eigenvalue weighted by Gasteiger charge is -2.48. The van der Waals surface area contributed by atoms with Gasteiger partial charge in [0.15, 0.2) is 0 Å². The molecular formula is C17H24N2O4S. The van der Waals surface area contributed by atoms with Crippen LogP contribution in [0, 0.1) is 11.8 Å². The Morgan fingerprint density at radius 1 is 1.46 bits per heavy atom. The minimum atomic E-state index is -0.983. The van der Waals surface area contributed by atoms with E-state index >= 15 is 0 Å². The van der Waals surface area contributed by atoms with Gasteiger partial charge in [-0.2, -0.15) is 0 Å². The Hall–Kier alpha value is -1.44. The lowest BCUT2D eigenvalue weighted by Crippen LogP contribution is -2.66. The normalized spacial score (nSPS) is 28.8. The Kier molecular flexibility index (Phi) is 4.94. The van der Waals surface area contributed by atoms with E-state index in [1.807, 2.05) is 11.4 Å². The van der Waals surface area contributed by atoms with Crippen molar-refractivity contribution < 1.29 is 19.1 Å². The second kappa shape index (κ2) is 6.82. The van der Waals surface area contributed by atoms with Crippen molar-refractivity contribution >= 4 is 23.2 Å². The fourth-order valence-corrected chi connectivity index (χ4v) is 4.20. The molecule has 2 heterocycles. The van der Waals surface area contributed by atoms with Crippen molar-refractivity contribution in [2.45, 2.75) is 38.0 Å². The molecule has 2 amide bonds. The van der Waals surface area contributed by atoms with E-state index in [2.05, 4.69) is 10.6 Å². The maximum absolute atomic E-state index is 12.7. The van der Waals surface area contributed by atoms with Crippen LogP contribution >= 0.6 is 11.3 Å². The number of ether oxygens (including phenoxy) is 2. The zero-order valence-electron chi connectivity index (χ0n) is 14.2. The summed E-state index contributed by atoms with van der Waals surface area (Å²) in [6.07, 6.45) is 1.14. The summed E-state index contributed by atoms with van der Waals surface area (Å²) in [7, 11) is 1.66. The van der Waals surface area contributed by atoms with Gasteiger partial charge < -0.3 is 20.1 Å². The van der Waals surface area contributed by atoms with Crippen LogP contribution in [-0.4, -0.2) is 49.8 Å². The van der Waals surface area contributed by atoms with Gasteiger partial charge >= 0.3 is 0 Å². The molecule has 2 N–H and O–H groups in total. The minimum absolute atomic E-state index is 0.0443. The largest absolute Gasteiger partial charge is 0.384 e. The Balaban J connectivity index is 1.61. The predicted octanol–water partition coefficient (Wildman–Crippen LogP) is 1.42. The number of carbonyl (C=O) groups excluding carboxylic acids is 2. The average molecular weight is 352 g/mol. The topological polar surface area (TPSA) is 76.7 Å². The van der Waals surface area contributed by atoms with Gasteiger partial charge in [-0.05, 0) is 31.7 Å². The molecule has 1 saturated carbocycles. The second-order valence-corrected chi connectivity index (χ2v) is 7.91. The lowest BCUT2D eigenvalue weighted by molar-refractivity contribution is -0.134. The third-order valence-electron chi connectivity index (χ3n) is 4.92. The van der Waals surface area contributed by atoms with E-state index in [0.29, 0.717) is 17.4 Å². The number of methoxy groups -OCH3 is 1. The Morgan fingerprint density at radius 3 is 2.92 bits per heavy atom. The van der Waals surface area contributed by atoms with E-state index in [9.17, 15) is 9.59 Å². The van der Waals surface area contributed by atoms with Crippen LogP contribution in [0.5, 0.6) is 0 Å². The van der Waals surface area contributed by atoms with Crippen molar-refractivity contribution in [3.63, 3.8) is 0 Å². The number of carbonyl (C=O) groups is 2. The number of hydrogen-bond acceptors (Lipinski definition) is 5. The first-order valence-corrected chi connectivity index (χ1v) is 9.09. The van der Waals surface area contributed by atoms with Gasteiger partial charge in [0.25, 0.3) is 5.91 Å². The van der Waals surface area contributed by atoms with E-state index in [0.717, 1.165) is 13.0 Å². The Bertz CT molecular complexity index is 602. The highest BCUT2D eigenvalue weighted by Gasteiger charge is 2.54. The van der Waals surface area contributed by atoms with Crippen LogP contribution in [0.15, 0.2) is 17.5 Å². The van der Waals surface area contributed by atoms with Crippen LogP contribution in [0.25, 0.3) is 0 Å². The number of thiophene rings is 1. The molecule has 1 aliphatic heterocycles. The summed E-state index contributed by atoms with van der Waals surface area (Å²) < 4.78 is 11.0. The number of amides is 2. The first-order valence-electron chi connectivity index (χ1n) is 8.21. The summed E-state index contributed by atoms with van der Waals surface area (Å²) in [6.45, 7) is 4.75.